The molecule has 2 heterocycles. The summed E-state index contributed by atoms with van der Waals surface area (Å²) in [6.07, 6.45) is 4.70. The molecule has 0 bridgehead atoms. The van der Waals surface area contributed by atoms with E-state index < -0.39 is 0 Å². The molecule has 0 N–H and O–H groups in total. The van der Waals surface area contributed by atoms with Gasteiger partial charge < -0.3 is 9.47 Å². The molecule has 2 unspecified atom stereocenters. The second-order valence-electron chi connectivity index (χ2n) is 6.05. The van der Waals surface area contributed by atoms with Crippen molar-refractivity contribution in [3.63, 3.8) is 0 Å². The summed E-state index contributed by atoms with van der Waals surface area (Å²) < 4.78 is 11.9. The van der Waals surface area contributed by atoms with E-state index in [-0.39, 0.29) is 18.3 Å². The van der Waals surface area contributed by atoms with Crippen LogP contribution in [0, 0.1) is 6.92 Å². The van der Waals surface area contributed by atoms with Gasteiger partial charge in [0.15, 0.2) is 0 Å². The first-order valence-electron chi connectivity index (χ1n) is 7.39. The first-order valence-corrected chi connectivity index (χ1v) is 7.77. The fourth-order valence-electron chi connectivity index (χ4n) is 2.72. The highest BCUT2D eigenvalue weighted by Gasteiger charge is 2.30. The summed E-state index contributed by atoms with van der Waals surface area (Å²) in [6, 6.07) is 0. The van der Waals surface area contributed by atoms with E-state index in [4.69, 9.17) is 21.1 Å². The Morgan fingerprint density at radius 1 is 1.15 bits per heavy atom. The van der Waals surface area contributed by atoms with Gasteiger partial charge in [0.1, 0.15) is 17.1 Å². The molecule has 2 aliphatic rings. The van der Waals surface area contributed by atoms with Crippen LogP contribution in [0.1, 0.15) is 56.8 Å². The van der Waals surface area contributed by atoms with E-state index in [0.717, 1.165) is 37.1 Å². The Morgan fingerprint density at radius 2 is 1.80 bits per heavy atom. The van der Waals surface area contributed by atoms with E-state index in [0.29, 0.717) is 17.0 Å². The van der Waals surface area contributed by atoms with Gasteiger partial charge in [0.05, 0.1) is 12.2 Å². The minimum atomic E-state index is 0.144. The third-order valence-corrected chi connectivity index (χ3v) is 4.30. The van der Waals surface area contributed by atoms with Gasteiger partial charge in [-0.15, -0.1) is 0 Å². The normalized spacial score (nSPS) is 30.3. The zero-order valence-corrected chi connectivity index (χ0v) is 13.0. The highest BCUT2D eigenvalue weighted by Crippen LogP contribution is 2.40. The first kappa shape index (κ1) is 14.1. The molecule has 1 aromatic rings. The van der Waals surface area contributed by atoms with Crippen molar-refractivity contribution in [3.05, 3.63) is 16.5 Å². The molecule has 4 nitrogen and oxygen atoms in total. The molecule has 0 aromatic carbocycles. The van der Waals surface area contributed by atoms with Crippen LogP contribution in [0.5, 0.6) is 5.88 Å². The lowest BCUT2D eigenvalue weighted by atomic mass is 10.0. The van der Waals surface area contributed by atoms with Crippen molar-refractivity contribution >= 4 is 11.6 Å². The molecule has 1 saturated heterocycles. The summed E-state index contributed by atoms with van der Waals surface area (Å²) in [7, 11) is 0. The van der Waals surface area contributed by atoms with E-state index in [1.807, 2.05) is 6.92 Å². The topological polar surface area (TPSA) is 44.2 Å². The average molecular weight is 297 g/mol. The van der Waals surface area contributed by atoms with Crippen molar-refractivity contribution in [2.24, 2.45) is 0 Å². The van der Waals surface area contributed by atoms with Crippen molar-refractivity contribution in [2.75, 3.05) is 0 Å². The van der Waals surface area contributed by atoms with Gasteiger partial charge in [-0.25, -0.2) is 4.98 Å². The lowest BCUT2D eigenvalue weighted by Crippen LogP contribution is -2.36. The predicted molar refractivity (Wildman–Crippen MR) is 77.4 cm³/mol. The molecule has 0 radical (unpaired) electrons. The molecule has 1 aromatic heterocycles. The molecule has 3 rings (SSSR count). The smallest absolute Gasteiger partial charge is 0.221 e. The summed E-state index contributed by atoms with van der Waals surface area (Å²) in [6.45, 7) is 6.09. The maximum Gasteiger partial charge on any atom is 0.221 e. The summed E-state index contributed by atoms with van der Waals surface area (Å²) in [5.41, 5.74) is 0.836. The van der Waals surface area contributed by atoms with Gasteiger partial charge in [-0.1, -0.05) is 11.6 Å². The monoisotopic (exact) mass is 296 g/mol. The van der Waals surface area contributed by atoms with Crippen molar-refractivity contribution in [2.45, 2.75) is 70.7 Å². The second-order valence-corrected chi connectivity index (χ2v) is 6.40. The highest BCUT2D eigenvalue weighted by atomic mass is 35.5. The number of halogens is 1. The Hall–Kier alpha value is -0.870. The molecule has 1 aliphatic heterocycles. The quantitative estimate of drug-likeness (QED) is 0.799. The molecule has 1 saturated carbocycles. The maximum atomic E-state index is 6.21. The number of aromatic nitrogens is 2. The fraction of sp³-hybridized carbons (Fsp3) is 0.733. The van der Waals surface area contributed by atoms with Crippen LogP contribution in [0.25, 0.3) is 0 Å². The van der Waals surface area contributed by atoms with E-state index in [2.05, 4.69) is 23.8 Å². The van der Waals surface area contributed by atoms with Crippen LogP contribution in [0.2, 0.25) is 5.15 Å². The average Bonchev–Trinajstić information content (AvgIpc) is 3.17. The number of rotatable bonds is 3. The van der Waals surface area contributed by atoms with Crippen LogP contribution in [-0.4, -0.2) is 28.3 Å². The van der Waals surface area contributed by atoms with Crippen LogP contribution < -0.4 is 4.74 Å². The van der Waals surface area contributed by atoms with Gasteiger partial charge >= 0.3 is 0 Å². The van der Waals surface area contributed by atoms with Gasteiger partial charge in [-0.05, 0) is 33.6 Å². The minimum Gasteiger partial charge on any atom is -0.474 e. The third-order valence-electron chi connectivity index (χ3n) is 3.93. The molecular formula is C15H21ClN2O2. The number of hydrogen-bond donors (Lipinski definition) is 0. The number of ether oxygens (including phenoxy) is 2. The Balaban J connectivity index is 1.79. The van der Waals surface area contributed by atoms with Gasteiger partial charge in [-0.3, -0.25) is 0 Å². The van der Waals surface area contributed by atoms with Crippen LogP contribution in [0.3, 0.4) is 0 Å². The minimum absolute atomic E-state index is 0.144. The Labute approximate surface area is 124 Å². The Bertz CT molecular complexity index is 495. The standard InChI is InChI=1S/C15H21ClN2O2/c1-8-6-12(7-9(2)19-8)20-15-10(3)13(16)17-14(18-15)11-4-5-11/h8-9,11-12H,4-7H2,1-3H3. The molecule has 0 spiro atoms. The lowest BCUT2D eigenvalue weighted by Gasteiger charge is -2.32. The molecule has 5 heteroatoms. The van der Waals surface area contributed by atoms with Gasteiger partial charge in [0.2, 0.25) is 5.88 Å². The maximum absolute atomic E-state index is 6.21. The number of nitrogens with zero attached hydrogens (tertiary/aromatic N) is 2. The third kappa shape index (κ3) is 3.07. The largest absolute Gasteiger partial charge is 0.474 e. The van der Waals surface area contributed by atoms with Crippen molar-refractivity contribution < 1.29 is 9.47 Å². The molecule has 110 valence electrons. The van der Waals surface area contributed by atoms with Crippen LogP contribution >= 0.6 is 11.6 Å². The van der Waals surface area contributed by atoms with Crippen molar-refractivity contribution in [1.82, 2.24) is 9.97 Å². The lowest BCUT2D eigenvalue weighted by molar-refractivity contribution is -0.0731. The summed E-state index contributed by atoms with van der Waals surface area (Å²) in [5.74, 6) is 1.96. The zero-order valence-electron chi connectivity index (χ0n) is 12.2. The molecule has 2 fully saturated rings. The van der Waals surface area contributed by atoms with E-state index in [1.165, 1.54) is 0 Å². The van der Waals surface area contributed by atoms with Gasteiger partial charge in [0, 0.05) is 24.3 Å². The van der Waals surface area contributed by atoms with Crippen LogP contribution in [0.4, 0.5) is 0 Å². The summed E-state index contributed by atoms with van der Waals surface area (Å²) in [4.78, 5) is 8.95. The predicted octanol–water partition coefficient (Wildman–Crippen LogP) is 3.65. The second kappa shape index (κ2) is 5.49. The fourth-order valence-corrected chi connectivity index (χ4v) is 2.89. The van der Waals surface area contributed by atoms with Gasteiger partial charge in [0.25, 0.3) is 0 Å². The summed E-state index contributed by atoms with van der Waals surface area (Å²) in [5, 5.41) is 0.519. The van der Waals surface area contributed by atoms with E-state index >= 15 is 0 Å². The highest BCUT2D eigenvalue weighted by molar-refractivity contribution is 6.30. The zero-order chi connectivity index (χ0) is 14.3. The van der Waals surface area contributed by atoms with E-state index in [9.17, 15) is 0 Å². The van der Waals surface area contributed by atoms with Crippen molar-refractivity contribution in [3.8, 4) is 5.88 Å². The SMILES string of the molecule is Cc1c(Cl)nc(C2CC2)nc1OC1CC(C)OC(C)C1. The molecular weight excluding hydrogens is 276 g/mol. The Kier molecular flexibility index (Phi) is 3.87. The van der Waals surface area contributed by atoms with E-state index in [1.54, 1.807) is 0 Å². The van der Waals surface area contributed by atoms with Crippen LogP contribution in [-0.2, 0) is 4.74 Å². The number of hydrogen-bond acceptors (Lipinski definition) is 4. The molecule has 0 amide bonds. The molecule has 2 atom stereocenters. The van der Waals surface area contributed by atoms with Crippen LogP contribution in [0.15, 0.2) is 0 Å². The van der Waals surface area contributed by atoms with Crippen molar-refractivity contribution in [1.29, 1.82) is 0 Å². The Morgan fingerprint density at radius 3 is 2.40 bits per heavy atom. The summed E-state index contributed by atoms with van der Waals surface area (Å²) >= 11 is 6.21. The first-order chi connectivity index (χ1) is 9.52. The molecule has 20 heavy (non-hydrogen) atoms. The molecule has 1 aliphatic carbocycles. The van der Waals surface area contributed by atoms with Gasteiger partial charge in [-0.2, -0.15) is 4.98 Å².